The molecule has 0 fully saturated rings. The molecule has 17 heavy (non-hydrogen) atoms. The molecule has 0 saturated heterocycles. The molecule has 0 aliphatic heterocycles. The summed E-state index contributed by atoms with van der Waals surface area (Å²) in [5.74, 6) is 2.05. The van der Waals surface area contributed by atoms with Crippen LogP contribution in [0.15, 0.2) is 6.07 Å². The number of aryl methyl sites for hydroxylation is 1. The van der Waals surface area contributed by atoms with Crippen LogP contribution in [0.4, 0.5) is 11.6 Å². The molecule has 1 rings (SSSR count). The van der Waals surface area contributed by atoms with Crippen molar-refractivity contribution in [2.75, 3.05) is 17.6 Å². The van der Waals surface area contributed by atoms with Crippen molar-refractivity contribution >= 4 is 11.6 Å². The molecule has 1 atom stereocenters. The number of aromatic nitrogens is 2. The lowest BCUT2D eigenvalue weighted by Gasteiger charge is -2.08. The van der Waals surface area contributed by atoms with Gasteiger partial charge in [0.05, 0.1) is 6.10 Å². The molecule has 5 nitrogen and oxygen atoms in total. The molecule has 0 saturated carbocycles. The van der Waals surface area contributed by atoms with Crippen molar-refractivity contribution in [1.82, 2.24) is 9.97 Å². The van der Waals surface area contributed by atoms with E-state index in [0.29, 0.717) is 5.82 Å². The first-order valence-electron chi connectivity index (χ1n) is 6.17. The van der Waals surface area contributed by atoms with Crippen molar-refractivity contribution in [3.8, 4) is 0 Å². The van der Waals surface area contributed by atoms with Gasteiger partial charge in [0, 0.05) is 19.0 Å². The fourth-order valence-electron chi connectivity index (χ4n) is 1.56. The summed E-state index contributed by atoms with van der Waals surface area (Å²) in [6.45, 7) is 4.66. The fourth-order valence-corrected chi connectivity index (χ4v) is 1.56. The molecule has 0 aliphatic carbocycles. The van der Waals surface area contributed by atoms with E-state index in [9.17, 15) is 0 Å². The number of hydrogen-bond donors (Lipinski definition) is 3. The zero-order valence-electron chi connectivity index (χ0n) is 10.6. The first-order valence-corrected chi connectivity index (χ1v) is 6.17. The zero-order valence-corrected chi connectivity index (χ0v) is 10.6. The molecule has 1 aromatic rings. The molecule has 1 heterocycles. The number of hydrogen-bond acceptors (Lipinski definition) is 5. The Hall–Kier alpha value is -1.36. The highest BCUT2D eigenvalue weighted by molar-refractivity contribution is 5.44. The predicted molar refractivity (Wildman–Crippen MR) is 69.8 cm³/mol. The average Bonchev–Trinajstić information content (AvgIpc) is 2.24. The third-order valence-corrected chi connectivity index (χ3v) is 2.37. The standard InChI is InChI=1S/C12H22N4O/c1-3-5-11-15-10(13)8-12(16-11)14-7-4-6-9(2)17/h8-9,17H,3-7H2,1-2H3,(H3,13,14,15,16). The van der Waals surface area contributed by atoms with Crippen molar-refractivity contribution in [2.24, 2.45) is 0 Å². The van der Waals surface area contributed by atoms with E-state index >= 15 is 0 Å². The molecule has 0 aromatic carbocycles. The second-order valence-electron chi connectivity index (χ2n) is 4.26. The number of rotatable bonds is 7. The molecular weight excluding hydrogens is 216 g/mol. The van der Waals surface area contributed by atoms with Crippen molar-refractivity contribution in [3.63, 3.8) is 0 Å². The SMILES string of the molecule is CCCc1nc(N)cc(NCCCC(C)O)n1. The van der Waals surface area contributed by atoms with Crippen LogP contribution in [0.2, 0.25) is 0 Å². The molecule has 96 valence electrons. The maximum absolute atomic E-state index is 9.13. The van der Waals surface area contributed by atoms with E-state index in [-0.39, 0.29) is 6.10 Å². The van der Waals surface area contributed by atoms with Crippen LogP contribution in [0.3, 0.4) is 0 Å². The molecule has 1 unspecified atom stereocenters. The molecule has 0 radical (unpaired) electrons. The Kier molecular flexibility index (Phi) is 5.69. The minimum Gasteiger partial charge on any atom is -0.393 e. The summed E-state index contributed by atoms with van der Waals surface area (Å²) in [7, 11) is 0. The minimum absolute atomic E-state index is 0.247. The van der Waals surface area contributed by atoms with Gasteiger partial charge in [-0.15, -0.1) is 0 Å². The van der Waals surface area contributed by atoms with Crippen molar-refractivity contribution in [2.45, 2.75) is 45.6 Å². The topological polar surface area (TPSA) is 84.1 Å². The molecule has 1 aromatic heterocycles. The number of nitrogens with two attached hydrogens (primary N) is 1. The molecule has 4 N–H and O–H groups in total. The second kappa shape index (κ2) is 7.06. The van der Waals surface area contributed by atoms with Crippen LogP contribution in [-0.4, -0.2) is 27.7 Å². The molecule has 5 heteroatoms. The van der Waals surface area contributed by atoms with Crippen molar-refractivity contribution < 1.29 is 5.11 Å². The summed E-state index contributed by atoms with van der Waals surface area (Å²) in [5.41, 5.74) is 5.71. The van der Waals surface area contributed by atoms with Crippen molar-refractivity contribution in [1.29, 1.82) is 0 Å². The normalized spacial score (nSPS) is 12.4. The maximum atomic E-state index is 9.13. The highest BCUT2D eigenvalue weighted by Crippen LogP contribution is 2.10. The van der Waals surface area contributed by atoms with E-state index in [0.717, 1.165) is 43.9 Å². The fraction of sp³-hybridized carbons (Fsp3) is 0.667. The first-order chi connectivity index (χ1) is 8.11. The first kappa shape index (κ1) is 13.7. The number of aliphatic hydroxyl groups excluding tert-OH is 1. The Balaban J connectivity index is 2.46. The Morgan fingerprint density at radius 2 is 2.24 bits per heavy atom. The average molecular weight is 238 g/mol. The summed E-state index contributed by atoms with van der Waals surface area (Å²) in [4.78, 5) is 8.54. The number of nitrogens with one attached hydrogen (secondary N) is 1. The van der Waals surface area contributed by atoms with Gasteiger partial charge >= 0.3 is 0 Å². The van der Waals surface area contributed by atoms with Crippen molar-refractivity contribution in [3.05, 3.63) is 11.9 Å². The molecule has 0 amide bonds. The van der Waals surface area contributed by atoms with Gasteiger partial charge in [0.15, 0.2) is 0 Å². The van der Waals surface area contributed by atoms with Gasteiger partial charge in [-0.1, -0.05) is 6.92 Å². The lowest BCUT2D eigenvalue weighted by atomic mass is 10.2. The zero-order chi connectivity index (χ0) is 12.7. The largest absolute Gasteiger partial charge is 0.393 e. The summed E-state index contributed by atoms with van der Waals surface area (Å²) in [6, 6.07) is 1.74. The van der Waals surface area contributed by atoms with Gasteiger partial charge in [-0.25, -0.2) is 9.97 Å². The molecule has 0 aliphatic rings. The van der Waals surface area contributed by atoms with E-state index in [1.807, 2.05) is 0 Å². The van der Waals surface area contributed by atoms with E-state index in [1.165, 1.54) is 0 Å². The molecule has 0 bridgehead atoms. The van der Waals surface area contributed by atoms with E-state index in [2.05, 4.69) is 22.2 Å². The lowest BCUT2D eigenvalue weighted by molar-refractivity contribution is 0.183. The van der Waals surface area contributed by atoms with Crippen LogP contribution in [-0.2, 0) is 6.42 Å². The monoisotopic (exact) mass is 238 g/mol. The third kappa shape index (κ3) is 5.49. The van der Waals surface area contributed by atoms with E-state index < -0.39 is 0 Å². The van der Waals surface area contributed by atoms with Gasteiger partial charge < -0.3 is 16.2 Å². The highest BCUT2D eigenvalue weighted by atomic mass is 16.3. The van der Waals surface area contributed by atoms with Gasteiger partial charge in [0.2, 0.25) is 0 Å². The number of aliphatic hydroxyl groups is 1. The summed E-state index contributed by atoms with van der Waals surface area (Å²) < 4.78 is 0. The summed E-state index contributed by atoms with van der Waals surface area (Å²) in [5, 5.41) is 12.3. The third-order valence-electron chi connectivity index (χ3n) is 2.37. The second-order valence-corrected chi connectivity index (χ2v) is 4.26. The lowest BCUT2D eigenvalue weighted by Crippen LogP contribution is -2.09. The highest BCUT2D eigenvalue weighted by Gasteiger charge is 2.02. The quantitative estimate of drug-likeness (QED) is 0.628. The Morgan fingerprint density at radius 3 is 2.88 bits per heavy atom. The van der Waals surface area contributed by atoms with Crippen LogP contribution in [0.5, 0.6) is 0 Å². The van der Waals surface area contributed by atoms with Crippen LogP contribution < -0.4 is 11.1 Å². The van der Waals surface area contributed by atoms with E-state index in [4.69, 9.17) is 10.8 Å². The van der Waals surface area contributed by atoms with Gasteiger partial charge in [-0.2, -0.15) is 0 Å². The molecular formula is C12H22N4O. The number of nitrogens with zero attached hydrogens (tertiary/aromatic N) is 2. The Labute approximate surface area is 102 Å². The Bertz CT molecular complexity index is 341. The van der Waals surface area contributed by atoms with Crippen LogP contribution >= 0.6 is 0 Å². The minimum atomic E-state index is -0.247. The van der Waals surface area contributed by atoms with E-state index in [1.54, 1.807) is 13.0 Å². The van der Waals surface area contributed by atoms with Gasteiger partial charge in [-0.05, 0) is 26.2 Å². The Morgan fingerprint density at radius 1 is 1.47 bits per heavy atom. The van der Waals surface area contributed by atoms with Gasteiger partial charge in [-0.3, -0.25) is 0 Å². The smallest absolute Gasteiger partial charge is 0.133 e. The number of anilines is 2. The van der Waals surface area contributed by atoms with Gasteiger partial charge in [0.25, 0.3) is 0 Å². The van der Waals surface area contributed by atoms with Gasteiger partial charge in [0.1, 0.15) is 17.5 Å². The summed E-state index contributed by atoms with van der Waals surface area (Å²) in [6.07, 6.45) is 3.29. The maximum Gasteiger partial charge on any atom is 0.133 e. The predicted octanol–water partition coefficient (Wildman–Crippen LogP) is 1.58. The van der Waals surface area contributed by atoms with Crippen LogP contribution in [0.1, 0.15) is 38.9 Å². The van der Waals surface area contributed by atoms with Crippen LogP contribution in [0.25, 0.3) is 0 Å². The number of nitrogen functional groups attached to an aromatic ring is 1. The summed E-state index contributed by atoms with van der Waals surface area (Å²) >= 11 is 0. The molecule has 0 spiro atoms. The van der Waals surface area contributed by atoms with Crippen LogP contribution in [0, 0.1) is 0 Å².